The van der Waals surface area contributed by atoms with Crippen LogP contribution in [0.25, 0.3) is 0 Å². The molecule has 0 bridgehead atoms. The standard InChI is InChI=1S/C16H19N3O/c1-2-7-20-16-10-15(17-11-18-16)19-14-8-12-5-3-4-6-13(12)9-14/h3-6,10-11,14H,2,7-9H2,1H3,(H,17,18,19). The lowest BCUT2D eigenvalue weighted by molar-refractivity contribution is 0.305. The van der Waals surface area contributed by atoms with Crippen molar-refractivity contribution in [1.29, 1.82) is 0 Å². The summed E-state index contributed by atoms with van der Waals surface area (Å²) in [6.45, 7) is 2.77. The quantitative estimate of drug-likeness (QED) is 0.906. The Morgan fingerprint density at radius 1 is 1.20 bits per heavy atom. The molecule has 0 unspecified atom stereocenters. The summed E-state index contributed by atoms with van der Waals surface area (Å²) in [5.74, 6) is 1.48. The van der Waals surface area contributed by atoms with Gasteiger partial charge in [-0.05, 0) is 30.4 Å². The molecule has 4 nitrogen and oxygen atoms in total. The van der Waals surface area contributed by atoms with E-state index in [2.05, 4.69) is 46.5 Å². The molecular formula is C16H19N3O. The Morgan fingerprint density at radius 2 is 1.95 bits per heavy atom. The van der Waals surface area contributed by atoms with Crippen molar-refractivity contribution < 1.29 is 4.74 Å². The summed E-state index contributed by atoms with van der Waals surface area (Å²) in [7, 11) is 0. The second kappa shape index (κ2) is 5.90. The lowest BCUT2D eigenvalue weighted by atomic mass is 10.1. The Balaban J connectivity index is 1.64. The van der Waals surface area contributed by atoms with E-state index in [0.29, 0.717) is 18.5 Å². The zero-order valence-electron chi connectivity index (χ0n) is 11.7. The van der Waals surface area contributed by atoms with Crippen molar-refractivity contribution in [2.75, 3.05) is 11.9 Å². The van der Waals surface area contributed by atoms with Crippen LogP contribution in [0.1, 0.15) is 24.5 Å². The van der Waals surface area contributed by atoms with Gasteiger partial charge in [-0.1, -0.05) is 31.2 Å². The van der Waals surface area contributed by atoms with E-state index in [9.17, 15) is 0 Å². The van der Waals surface area contributed by atoms with E-state index in [4.69, 9.17) is 4.74 Å². The van der Waals surface area contributed by atoms with Gasteiger partial charge < -0.3 is 10.1 Å². The van der Waals surface area contributed by atoms with Crippen LogP contribution in [0.3, 0.4) is 0 Å². The van der Waals surface area contributed by atoms with E-state index in [-0.39, 0.29) is 0 Å². The van der Waals surface area contributed by atoms with Gasteiger partial charge >= 0.3 is 0 Å². The number of fused-ring (bicyclic) bond motifs is 1. The van der Waals surface area contributed by atoms with Gasteiger partial charge in [0.1, 0.15) is 12.1 Å². The molecule has 3 rings (SSSR count). The van der Waals surface area contributed by atoms with Gasteiger partial charge in [0.05, 0.1) is 6.61 Å². The molecule has 20 heavy (non-hydrogen) atoms. The minimum Gasteiger partial charge on any atom is -0.478 e. The Morgan fingerprint density at radius 3 is 2.65 bits per heavy atom. The summed E-state index contributed by atoms with van der Waals surface area (Å²) in [4.78, 5) is 8.39. The van der Waals surface area contributed by atoms with Gasteiger partial charge in [-0.3, -0.25) is 0 Å². The Bertz CT molecular complexity index is 560. The van der Waals surface area contributed by atoms with Crippen LogP contribution in [-0.2, 0) is 12.8 Å². The monoisotopic (exact) mass is 269 g/mol. The largest absolute Gasteiger partial charge is 0.478 e. The van der Waals surface area contributed by atoms with Gasteiger partial charge in [-0.15, -0.1) is 0 Å². The summed E-state index contributed by atoms with van der Waals surface area (Å²) in [5.41, 5.74) is 2.86. The SMILES string of the molecule is CCCOc1cc(NC2Cc3ccccc3C2)ncn1. The summed E-state index contributed by atoms with van der Waals surface area (Å²) in [6.07, 6.45) is 4.62. The Kier molecular flexibility index (Phi) is 3.81. The molecule has 2 aromatic rings. The van der Waals surface area contributed by atoms with Crippen molar-refractivity contribution >= 4 is 5.82 Å². The normalized spacial score (nSPS) is 14.1. The lowest BCUT2D eigenvalue weighted by Crippen LogP contribution is -2.20. The highest BCUT2D eigenvalue weighted by Crippen LogP contribution is 2.24. The fourth-order valence-corrected chi connectivity index (χ4v) is 2.57. The van der Waals surface area contributed by atoms with Gasteiger partial charge in [0.15, 0.2) is 0 Å². The van der Waals surface area contributed by atoms with Crippen LogP contribution in [0.5, 0.6) is 5.88 Å². The van der Waals surface area contributed by atoms with Gasteiger partial charge in [0.25, 0.3) is 0 Å². The lowest BCUT2D eigenvalue weighted by Gasteiger charge is -2.13. The fraction of sp³-hybridized carbons (Fsp3) is 0.375. The van der Waals surface area contributed by atoms with Crippen LogP contribution < -0.4 is 10.1 Å². The van der Waals surface area contributed by atoms with E-state index in [1.807, 2.05) is 6.07 Å². The number of ether oxygens (including phenoxy) is 1. The zero-order valence-corrected chi connectivity index (χ0v) is 11.7. The van der Waals surface area contributed by atoms with Crippen molar-refractivity contribution in [3.05, 3.63) is 47.8 Å². The third-order valence-corrected chi connectivity index (χ3v) is 3.50. The maximum atomic E-state index is 5.53. The molecule has 0 atom stereocenters. The summed E-state index contributed by atoms with van der Waals surface area (Å²) in [5, 5.41) is 3.47. The number of aromatic nitrogens is 2. The molecule has 0 aliphatic heterocycles. The molecule has 1 aromatic carbocycles. The fourth-order valence-electron chi connectivity index (χ4n) is 2.57. The third kappa shape index (κ3) is 2.90. The smallest absolute Gasteiger partial charge is 0.218 e. The molecule has 0 fully saturated rings. The molecule has 1 aliphatic carbocycles. The molecule has 1 aromatic heterocycles. The van der Waals surface area contributed by atoms with Gasteiger partial charge in [0, 0.05) is 12.1 Å². The van der Waals surface area contributed by atoms with Crippen molar-refractivity contribution in [2.24, 2.45) is 0 Å². The van der Waals surface area contributed by atoms with E-state index in [1.54, 1.807) is 6.33 Å². The maximum Gasteiger partial charge on any atom is 0.218 e. The number of hydrogen-bond acceptors (Lipinski definition) is 4. The van der Waals surface area contributed by atoms with Crippen LogP contribution in [-0.4, -0.2) is 22.6 Å². The number of anilines is 1. The molecule has 0 saturated carbocycles. The van der Waals surface area contributed by atoms with Crippen LogP contribution in [0, 0.1) is 0 Å². The number of benzene rings is 1. The molecule has 0 spiro atoms. The second-order valence-corrected chi connectivity index (χ2v) is 5.11. The van der Waals surface area contributed by atoms with Crippen LogP contribution in [0.2, 0.25) is 0 Å². The molecule has 0 amide bonds. The minimum atomic E-state index is 0.404. The molecule has 0 saturated heterocycles. The molecule has 4 heteroatoms. The number of nitrogens with zero attached hydrogens (tertiary/aromatic N) is 2. The van der Waals surface area contributed by atoms with Gasteiger partial charge in [-0.25, -0.2) is 9.97 Å². The maximum absolute atomic E-state index is 5.53. The van der Waals surface area contributed by atoms with Crippen molar-refractivity contribution in [3.8, 4) is 5.88 Å². The molecule has 1 aliphatic rings. The molecular weight excluding hydrogens is 250 g/mol. The predicted octanol–water partition coefficient (Wildman–Crippen LogP) is 2.84. The molecule has 0 radical (unpaired) electrons. The molecule has 1 N–H and O–H groups in total. The van der Waals surface area contributed by atoms with Crippen molar-refractivity contribution in [2.45, 2.75) is 32.2 Å². The van der Waals surface area contributed by atoms with Crippen LogP contribution in [0.4, 0.5) is 5.82 Å². The first-order valence-corrected chi connectivity index (χ1v) is 7.13. The summed E-state index contributed by atoms with van der Waals surface area (Å²) < 4.78 is 5.53. The van der Waals surface area contributed by atoms with Gasteiger partial charge in [-0.2, -0.15) is 0 Å². The van der Waals surface area contributed by atoms with E-state index >= 15 is 0 Å². The first-order chi connectivity index (χ1) is 9.85. The van der Waals surface area contributed by atoms with Crippen molar-refractivity contribution in [1.82, 2.24) is 9.97 Å². The van der Waals surface area contributed by atoms with Gasteiger partial charge in [0.2, 0.25) is 5.88 Å². The highest BCUT2D eigenvalue weighted by molar-refractivity contribution is 5.42. The van der Waals surface area contributed by atoms with E-state index in [0.717, 1.165) is 25.1 Å². The second-order valence-electron chi connectivity index (χ2n) is 5.11. The first kappa shape index (κ1) is 12.9. The summed E-state index contributed by atoms with van der Waals surface area (Å²) in [6, 6.07) is 10.9. The zero-order chi connectivity index (χ0) is 13.8. The molecule has 104 valence electrons. The highest BCUT2D eigenvalue weighted by atomic mass is 16.5. The van der Waals surface area contributed by atoms with Crippen LogP contribution >= 0.6 is 0 Å². The number of hydrogen-bond donors (Lipinski definition) is 1. The Hall–Kier alpha value is -2.10. The number of rotatable bonds is 5. The van der Waals surface area contributed by atoms with E-state index < -0.39 is 0 Å². The minimum absolute atomic E-state index is 0.404. The van der Waals surface area contributed by atoms with Crippen LogP contribution in [0.15, 0.2) is 36.7 Å². The topological polar surface area (TPSA) is 47.0 Å². The third-order valence-electron chi connectivity index (χ3n) is 3.50. The average molecular weight is 269 g/mol. The number of nitrogens with one attached hydrogen (secondary N) is 1. The van der Waals surface area contributed by atoms with E-state index in [1.165, 1.54) is 11.1 Å². The molecule has 1 heterocycles. The predicted molar refractivity (Wildman–Crippen MR) is 79.1 cm³/mol. The first-order valence-electron chi connectivity index (χ1n) is 7.13. The summed E-state index contributed by atoms with van der Waals surface area (Å²) >= 11 is 0. The van der Waals surface area contributed by atoms with Crippen molar-refractivity contribution in [3.63, 3.8) is 0 Å². The Labute approximate surface area is 119 Å². The average Bonchev–Trinajstić information content (AvgIpc) is 2.87. The highest BCUT2D eigenvalue weighted by Gasteiger charge is 2.21.